The van der Waals surface area contributed by atoms with Crippen molar-refractivity contribution in [3.63, 3.8) is 0 Å². The number of hydrogen-bond acceptors (Lipinski definition) is 3. The van der Waals surface area contributed by atoms with Crippen molar-refractivity contribution in [3.05, 3.63) is 83.2 Å². The van der Waals surface area contributed by atoms with Gasteiger partial charge in [-0.1, -0.05) is 6.08 Å². The molecule has 196 valence electrons. The Labute approximate surface area is 212 Å². The molecule has 3 aromatic rings. The average Bonchev–Trinajstić information content (AvgIpc) is 2.90. The number of allylic oxidation sites excluding steroid dienone is 2. The number of ether oxygens (including phenoxy) is 3. The molecule has 0 radical (unpaired) electrons. The van der Waals surface area contributed by atoms with Crippen LogP contribution in [0.15, 0.2) is 48.5 Å². The fourth-order valence-electron chi connectivity index (χ4n) is 4.36. The molecule has 0 saturated heterocycles. The molecule has 0 N–H and O–H groups in total. The van der Waals surface area contributed by atoms with Crippen LogP contribution in [-0.4, -0.2) is 19.8 Å². The third-order valence-corrected chi connectivity index (χ3v) is 6.28. The zero-order valence-electron chi connectivity index (χ0n) is 20.6. The first kappa shape index (κ1) is 26.5. The minimum absolute atomic E-state index is 0.0957. The Morgan fingerprint density at radius 3 is 1.86 bits per heavy atom. The lowest BCUT2D eigenvalue weighted by molar-refractivity contribution is 0.239. The van der Waals surface area contributed by atoms with Crippen LogP contribution in [0.4, 0.5) is 22.0 Å². The molecule has 1 unspecified atom stereocenters. The minimum Gasteiger partial charge on any atom is -0.493 e. The Kier molecular flexibility index (Phi) is 8.36. The smallest absolute Gasteiger partial charge is 0.201 e. The number of rotatable bonds is 9. The summed E-state index contributed by atoms with van der Waals surface area (Å²) in [7, 11) is 0. The number of hydrogen-bond donors (Lipinski definition) is 0. The normalized spacial score (nSPS) is 15.3. The number of benzene rings is 3. The summed E-state index contributed by atoms with van der Waals surface area (Å²) >= 11 is 0. The van der Waals surface area contributed by atoms with E-state index in [0.29, 0.717) is 19.3 Å². The molecule has 1 aliphatic carbocycles. The lowest BCUT2D eigenvalue weighted by Gasteiger charge is -2.23. The highest BCUT2D eigenvalue weighted by atomic mass is 19.2. The van der Waals surface area contributed by atoms with Gasteiger partial charge < -0.3 is 14.2 Å². The Balaban J connectivity index is 1.40. The van der Waals surface area contributed by atoms with E-state index in [4.69, 9.17) is 14.2 Å². The van der Waals surface area contributed by atoms with Crippen LogP contribution in [0.1, 0.15) is 38.7 Å². The summed E-state index contributed by atoms with van der Waals surface area (Å²) in [5.41, 5.74) is 0.626. The Morgan fingerprint density at radius 1 is 0.703 bits per heavy atom. The van der Waals surface area contributed by atoms with Crippen LogP contribution in [0.25, 0.3) is 16.7 Å². The minimum atomic E-state index is -1.19. The second-order valence-electron chi connectivity index (χ2n) is 8.67. The molecule has 0 bridgehead atoms. The maximum Gasteiger partial charge on any atom is 0.201 e. The maximum atomic E-state index is 14.8. The molecule has 0 aliphatic heterocycles. The van der Waals surface area contributed by atoms with Gasteiger partial charge in [0, 0.05) is 22.8 Å². The van der Waals surface area contributed by atoms with Gasteiger partial charge in [0.25, 0.3) is 0 Å². The van der Waals surface area contributed by atoms with Crippen LogP contribution in [0.2, 0.25) is 0 Å². The quantitative estimate of drug-likeness (QED) is 0.268. The van der Waals surface area contributed by atoms with Gasteiger partial charge >= 0.3 is 0 Å². The van der Waals surface area contributed by atoms with Crippen molar-refractivity contribution in [2.45, 2.75) is 33.1 Å². The molecule has 8 heteroatoms. The molecule has 0 aromatic heterocycles. The van der Waals surface area contributed by atoms with Crippen molar-refractivity contribution < 1.29 is 36.2 Å². The molecule has 4 rings (SSSR count). The molecule has 0 heterocycles. The summed E-state index contributed by atoms with van der Waals surface area (Å²) in [4.78, 5) is 0. The highest BCUT2D eigenvalue weighted by molar-refractivity contribution is 5.68. The monoisotopic (exact) mass is 518 g/mol. The predicted octanol–water partition coefficient (Wildman–Crippen LogP) is 8.11. The second kappa shape index (κ2) is 11.7. The molecule has 37 heavy (non-hydrogen) atoms. The molecule has 1 aliphatic rings. The summed E-state index contributed by atoms with van der Waals surface area (Å²) in [6.07, 6.45) is 3.66. The first-order valence-corrected chi connectivity index (χ1v) is 12.2. The summed E-state index contributed by atoms with van der Waals surface area (Å²) < 4.78 is 88.1. The lowest BCUT2D eigenvalue weighted by atomic mass is 9.87. The molecular weight excluding hydrogens is 491 g/mol. The van der Waals surface area contributed by atoms with Crippen LogP contribution >= 0.6 is 0 Å². The van der Waals surface area contributed by atoms with E-state index >= 15 is 0 Å². The van der Waals surface area contributed by atoms with Crippen LogP contribution in [0.3, 0.4) is 0 Å². The van der Waals surface area contributed by atoms with E-state index in [1.54, 1.807) is 13.8 Å². The van der Waals surface area contributed by atoms with Crippen molar-refractivity contribution in [2.24, 2.45) is 5.92 Å². The molecule has 0 amide bonds. The van der Waals surface area contributed by atoms with E-state index < -0.39 is 29.1 Å². The third kappa shape index (κ3) is 5.73. The molecule has 3 nitrogen and oxygen atoms in total. The molecule has 3 aromatic carbocycles. The Bertz CT molecular complexity index is 1310. The van der Waals surface area contributed by atoms with E-state index in [2.05, 4.69) is 0 Å². The lowest BCUT2D eigenvalue weighted by Crippen LogP contribution is -2.15. The van der Waals surface area contributed by atoms with Crippen LogP contribution in [-0.2, 0) is 0 Å². The van der Waals surface area contributed by atoms with Crippen molar-refractivity contribution in [1.82, 2.24) is 0 Å². The van der Waals surface area contributed by atoms with Gasteiger partial charge in [0.05, 0.1) is 19.8 Å². The zero-order valence-corrected chi connectivity index (χ0v) is 20.6. The van der Waals surface area contributed by atoms with Gasteiger partial charge in [-0.15, -0.1) is 0 Å². The van der Waals surface area contributed by atoms with E-state index in [9.17, 15) is 22.0 Å². The summed E-state index contributed by atoms with van der Waals surface area (Å²) in [6, 6.07) is 9.45. The van der Waals surface area contributed by atoms with Crippen LogP contribution in [0, 0.1) is 35.0 Å². The summed E-state index contributed by atoms with van der Waals surface area (Å²) in [6.45, 7) is 4.04. The van der Waals surface area contributed by atoms with Gasteiger partial charge in [-0.3, -0.25) is 0 Å². The van der Waals surface area contributed by atoms with Gasteiger partial charge in [0.2, 0.25) is 11.6 Å². The maximum absolute atomic E-state index is 14.8. The van der Waals surface area contributed by atoms with Gasteiger partial charge in [0.15, 0.2) is 23.1 Å². The molecule has 0 fully saturated rings. The van der Waals surface area contributed by atoms with Crippen molar-refractivity contribution in [1.29, 1.82) is 0 Å². The predicted molar refractivity (Wildman–Crippen MR) is 131 cm³/mol. The highest BCUT2D eigenvalue weighted by Gasteiger charge is 2.22. The third-order valence-electron chi connectivity index (χ3n) is 6.28. The van der Waals surface area contributed by atoms with Gasteiger partial charge in [-0.25, -0.2) is 13.2 Å². The standard InChI is InChI=1S/C29H27F5O3/c1-3-35-24-13-11-20(26(31)28(24)33)18-7-5-17(6-8-18)16-37-19-9-10-21(23(30)15-19)22-12-14-25(36-4-2)29(34)27(22)32/h7,9-15,17H,3-6,8,16H2,1-2H3. The molecular formula is C29H27F5O3. The zero-order chi connectivity index (χ0) is 26.5. The van der Waals surface area contributed by atoms with Gasteiger partial charge in [-0.05, 0) is 81.0 Å². The topological polar surface area (TPSA) is 27.7 Å². The van der Waals surface area contributed by atoms with Crippen molar-refractivity contribution in [2.75, 3.05) is 19.8 Å². The average molecular weight is 519 g/mol. The van der Waals surface area contributed by atoms with Gasteiger partial charge in [-0.2, -0.15) is 8.78 Å². The first-order chi connectivity index (χ1) is 17.8. The van der Waals surface area contributed by atoms with Crippen LogP contribution in [0.5, 0.6) is 17.2 Å². The fourth-order valence-corrected chi connectivity index (χ4v) is 4.36. The van der Waals surface area contributed by atoms with E-state index in [-0.39, 0.29) is 59.7 Å². The van der Waals surface area contributed by atoms with Crippen LogP contribution < -0.4 is 14.2 Å². The molecule has 1 atom stereocenters. The van der Waals surface area contributed by atoms with Crippen molar-refractivity contribution in [3.8, 4) is 28.4 Å². The SMILES string of the molecule is CCOc1ccc(C2=CCC(COc3ccc(-c4ccc(OCC)c(F)c4F)c(F)c3)CC2)c(F)c1F. The largest absolute Gasteiger partial charge is 0.493 e. The van der Waals surface area contributed by atoms with E-state index in [1.165, 1.54) is 36.4 Å². The summed E-state index contributed by atoms with van der Waals surface area (Å²) in [5.74, 6) is -5.02. The van der Waals surface area contributed by atoms with E-state index in [0.717, 1.165) is 11.6 Å². The first-order valence-electron chi connectivity index (χ1n) is 12.2. The summed E-state index contributed by atoms with van der Waals surface area (Å²) in [5, 5.41) is 0. The van der Waals surface area contributed by atoms with Gasteiger partial charge in [0.1, 0.15) is 11.6 Å². The van der Waals surface area contributed by atoms with E-state index in [1.807, 2.05) is 6.08 Å². The van der Waals surface area contributed by atoms with Crippen molar-refractivity contribution >= 4 is 5.57 Å². The Hall–Kier alpha value is -3.55. The second-order valence-corrected chi connectivity index (χ2v) is 8.67. The highest BCUT2D eigenvalue weighted by Crippen LogP contribution is 2.36. The molecule has 0 spiro atoms. The fraction of sp³-hybridized carbons (Fsp3) is 0.310. The Morgan fingerprint density at radius 2 is 1.30 bits per heavy atom. The number of halogens is 5. The molecule has 0 saturated carbocycles.